The average Bonchev–Trinajstić information content (AvgIpc) is 3.18. The van der Waals surface area contributed by atoms with Crippen molar-refractivity contribution in [3.05, 3.63) is 53.9 Å². The van der Waals surface area contributed by atoms with Crippen LogP contribution in [0.15, 0.2) is 47.4 Å². The molecule has 172 valence electrons. The summed E-state index contributed by atoms with van der Waals surface area (Å²) in [6.07, 6.45) is 0. The topological polar surface area (TPSA) is 93.5 Å². The van der Waals surface area contributed by atoms with Crippen LogP contribution < -0.4 is 10.1 Å². The molecule has 0 aliphatic carbocycles. The van der Waals surface area contributed by atoms with Gasteiger partial charge in [0, 0.05) is 25.2 Å². The summed E-state index contributed by atoms with van der Waals surface area (Å²) in [7, 11) is -2.39. The summed E-state index contributed by atoms with van der Waals surface area (Å²) in [5, 5.41) is 2.95. The Morgan fingerprint density at radius 1 is 1.16 bits per heavy atom. The van der Waals surface area contributed by atoms with E-state index in [1.54, 1.807) is 19.9 Å². The number of amides is 1. The molecule has 8 nitrogen and oxygen atoms in total. The Hall–Kier alpha value is -2.91. The molecule has 0 aliphatic rings. The van der Waals surface area contributed by atoms with E-state index in [9.17, 15) is 13.2 Å². The van der Waals surface area contributed by atoms with Crippen molar-refractivity contribution in [3.63, 3.8) is 0 Å². The molecule has 0 fully saturated rings. The average molecular weight is 459 g/mol. The lowest BCUT2D eigenvalue weighted by atomic mass is 10.2. The summed E-state index contributed by atoms with van der Waals surface area (Å²) in [5.41, 5.74) is 2.10. The molecular formula is C23H30N4O4S. The largest absolute Gasteiger partial charge is 0.495 e. The zero-order valence-corrected chi connectivity index (χ0v) is 19.9. The van der Waals surface area contributed by atoms with E-state index in [2.05, 4.69) is 14.9 Å². The van der Waals surface area contributed by atoms with E-state index in [0.717, 1.165) is 16.9 Å². The van der Waals surface area contributed by atoms with Gasteiger partial charge in [-0.15, -0.1) is 0 Å². The number of hydrogen-bond acceptors (Lipinski definition) is 5. The van der Waals surface area contributed by atoms with E-state index in [4.69, 9.17) is 4.74 Å². The van der Waals surface area contributed by atoms with Gasteiger partial charge in [-0.3, -0.25) is 4.79 Å². The Morgan fingerprint density at radius 2 is 1.84 bits per heavy atom. The highest BCUT2D eigenvalue weighted by Gasteiger charge is 2.27. The fourth-order valence-electron chi connectivity index (χ4n) is 3.82. The zero-order chi connectivity index (χ0) is 23.5. The fourth-order valence-corrected chi connectivity index (χ4v) is 5.46. The van der Waals surface area contributed by atoms with E-state index in [1.165, 1.54) is 23.5 Å². The molecule has 0 radical (unpaired) electrons. The normalized spacial score (nSPS) is 12.8. The second-order valence-electron chi connectivity index (χ2n) is 7.35. The number of para-hydroxylation sites is 2. The summed E-state index contributed by atoms with van der Waals surface area (Å²) in [6, 6.07) is 11.9. The van der Waals surface area contributed by atoms with Gasteiger partial charge in [0.1, 0.15) is 16.5 Å². The Morgan fingerprint density at radius 3 is 2.47 bits per heavy atom. The number of hydrogen-bond donors (Lipinski definition) is 1. The number of fused-ring (bicyclic) bond motifs is 1. The van der Waals surface area contributed by atoms with Gasteiger partial charge in [-0.05, 0) is 44.2 Å². The van der Waals surface area contributed by atoms with E-state index in [1.807, 2.05) is 38.1 Å². The van der Waals surface area contributed by atoms with Gasteiger partial charge in [0.25, 0.3) is 5.91 Å². The molecule has 32 heavy (non-hydrogen) atoms. The van der Waals surface area contributed by atoms with Crippen molar-refractivity contribution in [3.8, 4) is 5.75 Å². The van der Waals surface area contributed by atoms with Crippen LogP contribution in [0.4, 0.5) is 0 Å². The molecule has 1 atom stereocenters. The third-order valence-electron chi connectivity index (χ3n) is 5.48. The molecule has 0 bridgehead atoms. The van der Waals surface area contributed by atoms with Gasteiger partial charge in [0.05, 0.1) is 24.2 Å². The van der Waals surface area contributed by atoms with Crippen LogP contribution in [0.5, 0.6) is 5.75 Å². The maximum absolute atomic E-state index is 13.1. The molecular weight excluding hydrogens is 428 g/mol. The number of carbonyl (C=O) groups is 1. The molecule has 9 heteroatoms. The predicted octanol–water partition coefficient (Wildman–Crippen LogP) is 3.59. The molecule has 0 aliphatic heterocycles. The number of benzene rings is 2. The number of nitrogens with zero attached hydrogens (tertiary/aromatic N) is 3. The molecule has 3 aromatic rings. The van der Waals surface area contributed by atoms with Gasteiger partial charge in [-0.2, -0.15) is 4.31 Å². The maximum atomic E-state index is 13.1. The fraction of sp³-hybridized carbons (Fsp3) is 0.391. The van der Waals surface area contributed by atoms with Crippen LogP contribution in [0.3, 0.4) is 0 Å². The summed E-state index contributed by atoms with van der Waals surface area (Å²) in [4.78, 5) is 17.7. The lowest BCUT2D eigenvalue weighted by Gasteiger charge is -2.21. The van der Waals surface area contributed by atoms with Gasteiger partial charge >= 0.3 is 0 Å². The number of aromatic nitrogens is 2. The van der Waals surface area contributed by atoms with Crippen LogP contribution in [0.1, 0.15) is 49.9 Å². The van der Waals surface area contributed by atoms with Crippen LogP contribution >= 0.6 is 0 Å². The molecule has 0 saturated heterocycles. The summed E-state index contributed by atoms with van der Waals surface area (Å²) < 4.78 is 34.8. The predicted molar refractivity (Wildman–Crippen MR) is 124 cm³/mol. The van der Waals surface area contributed by atoms with Crippen LogP contribution in [0.2, 0.25) is 0 Å². The Balaban J connectivity index is 1.93. The van der Waals surface area contributed by atoms with E-state index in [-0.39, 0.29) is 28.2 Å². The molecule has 1 heterocycles. The molecule has 1 amide bonds. The number of methoxy groups -OCH3 is 1. The zero-order valence-electron chi connectivity index (χ0n) is 19.1. The highest BCUT2D eigenvalue weighted by atomic mass is 32.2. The Bertz CT molecular complexity index is 1220. The Labute approximate surface area is 189 Å². The summed E-state index contributed by atoms with van der Waals surface area (Å²) >= 11 is 0. The lowest BCUT2D eigenvalue weighted by molar-refractivity contribution is 0.0937. The van der Waals surface area contributed by atoms with Gasteiger partial charge in [0.15, 0.2) is 0 Å². The number of aryl methyl sites for hydroxylation is 1. The van der Waals surface area contributed by atoms with Crippen molar-refractivity contribution in [2.75, 3.05) is 20.2 Å². The van der Waals surface area contributed by atoms with E-state index in [0.29, 0.717) is 19.6 Å². The quantitative estimate of drug-likeness (QED) is 0.529. The van der Waals surface area contributed by atoms with Crippen molar-refractivity contribution in [2.24, 2.45) is 0 Å². The highest BCUT2D eigenvalue weighted by molar-refractivity contribution is 7.89. The molecule has 2 aromatic carbocycles. The number of imidazole rings is 1. The van der Waals surface area contributed by atoms with E-state index < -0.39 is 10.0 Å². The molecule has 1 aromatic heterocycles. The summed E-state index contributed by atoms with van der Waals surface area (Å²) in [5.74, 6) is 0.562. The number of ether oxygens (including phenoxy) is 1. The number of nitrogens with one attached hydrogen (secondary N) is 1. The second kappa shape index (κ2) is 9.70. The first-order valence-corrected chi connectivity index (χ1v) is 12.2. The molecule has 0 spiro atoms. The minimum atomic E-state index is -3.80. The lowest BCUT2D eigenvalue weighted by Crippen LogP contribution is -2.32. The minimum Gasteiger partial charge on any atom is -0.495 e. The van der Waals surface area contributed by atoms with Gasteiger partial charge in [-0.1, -0.05) is 26.0 Å². The minimum absolute atomic E-state index is 0.0233. The number of rotatable bonds is 9. The van der Waals surface area contributed by atoms with Crippen LogP contribution in [0.25, 0.3) is 11.0 Å². The first-order chi connectivity index (χ1) is 15.3. The van der Waals surface area contributed by atoms with Crippen molar-refractivity contribution in [1.29, 1.82) is 0 Å². The van der Waals surface area contributed by atoms with E-state index >= 15 is 0 Å². The van der Waals surface area contributed by atoms with Crippen LogP contribution in [-0.2, 0) is 16.6 Å². The van der Waals surface area contributed by atoms with Gasteiger partial charge < -0.3 is 14.6 Å². The van der Waals surface area contributed by atoms with Crippen molar-refractivity contribution in [1.82, 2.24) is 19.2 Å². The molecule has 3 rings (SSSR count). The SMILES string of the molecule is CCN(CC)S(=O)(=O)c1cc(C(=O)NC(C)c2nc3ccccc3n2CC)ccc1OC. The second-order valence-corrected chi connectivity index (χ2v) is 9.26. The molecule has 1 N–H and O–H groups in total. The van der Waals surface area contributed by atoms with Crippen molar-refractivity contribution >= 4 is 27.0 Å². The van der Waals surface area contributed by atoms with Crippen molar-refractivity contribution < 1.29 is 17.9 Å². The summed E-state index contributed by atoms with van der Waals surface area (Å²) in [6.45, 7) is 8.79. The first-order valence-electron chi connectivity index (χ1n) is 10.7. The first kappa shape index (κ1) is 23.7. The third-order valence-corrected chi connectivity index (χ3v) is 7.56. The standard InChI is InChI=1S/C23H30N4O4S/c1-6-26(7-2)32(29,30)21-15-17(13-14-20(21)31-5)23(28)24-16(4)22-25-18-11-9-10-12-19(18)27(22)8-3/h9-16H,6-8H2,1-5H3,(H,24,28). The van der Waals surface area contributed by atoms with Gasteiger partial charge in [-0.25, -0.2) is 13.4 Å². The maximum Gasteiger partial charge on any atom is 0.251 e. The van der Waals surface area contributed by atoms with Crippen molar-refractivity contribution in [2.45, 2.75) is 45.2 Å². The monoisotopic (exact) mass is 458 g/mol. The molecule has 1 unspecified atom stereocenters. The number of sulfonamides is 1. The van der Waals surface area contributed by atoms with Crippen LogP contribution in [-0.4, -0.2) is 48.4 Å². The Kier molecular flexibility index (Phi) is 7.20. The third kappa shape index (κ3) is 4.35. The molecule has 0 saturated carbocycles. The van der Waals surface area contributed by atoms with Gasteiger partial charge in [0.2, 0.25) is 10.0 Å². The number of carbonyl (C=O) groups excluding carboxylic acids is 1. The van der Waals surface area contributed by atoms with Crippen LogP contribution in [0, 0.1) is 0 Å². The smallest absolute Gasteiger partial charge is 0.251 e. The highest BCUT2D eigenvalue weighted by Crippen LogP contribution is 2.28.